The van der Waals surface area contributed by atoms with E-state index in [2.05, 4.69) is 29.0 Å². The Bertz CT molecular complexity index is 450. The smallest absolute Gasteiger partial charge is 0.237 e. The third-order valence-electron chi connectivity index (χ3n) is 4.12. The van der Waals surface area contributed by atoms with Crippen LogP contribution >= 0.6 is 0 Å². The van der Waals surface area contributed by atoms with Crippen LogP contribution in [0.3, 0.4) is 0 Å². The molecule has 4 heteroatoms. The van der Waals surface area contributed by atoms with Gasteiger partial charge in [0.1, 0.15) is 0 Å². The average Bonchev–Trinajstić information content (AvgIpc) is 2.47. The monoisotopic (exact) mass is 289 g/mol. The van der Waals surface area contributed by atoms with Crippen LogP contribution in [0.4, 0.5) is 0 Å². The summed E-state index contributed by atoms with van der Waals surface area (Å²) in [6.07, 6.45) is 5.54. The number of nitrogens with zero attached hydrogens (tertiary/aromatic N) is 2. The molecule has 1 amide bonds. The van der Waals surface area contributed by atoms with E-state index in [0.29, 0.717) is 12.5 Å². The molecule has 0 spiro atoms. The molecule has 1 aromatic heterocycles. The van der Waals surface area contributed by atoms with Crippen LogP contribution < -0.4 is 5.32 Å². The molecule has 0 bridgehead atoms. The molecule has 0 aliphatic carbocycles. The summed E-state index contributed by atoms with van der Waals surface area (Å²) in [6, 6.07) is 3.99. The Labute approximate surface area is 127 Å². The molecule has 21 heavy (non-hydrogen) atoms. The van der Waals surface area contributed by atoms with Crippen LogP contribution in [0.2, 0.25) is 0 Å². The molecule has 2 heterocycles. The minimum atomic E-state index is -0.0105. The fourth-order valence-electron chi connectivity index (χ4n) is 2.98. The summed E-state index contributed by atoms with van der Waals surface area (Å²) in [5.41, 5.74) is 2.05. The fourth-order valence-corrected chi connectivity index (χ4v) is 2.98. The van der Waals surface area contributed by atoms with Crippen molar-refractivity contribution in [3.8, 4) is 0 Å². The first-order chi connectivity index (χ1) is 10.1. The summed E-state index contributed by atoms with van der Waals surface area (Å²) in [5.74, 6) is 0.478. The zero-order valence-corrected chi connectivity index (χ0v) is 13.4. The van der Waals surface area contributed by atoms with Crippen LogP contribution in [-0.4, -0.2) is 34.9 Å². The summed E-state index contributed by atoms with van der Waals surface area (Å²) in [7, 11) is 0. The normalized spacial score (nSPS) is 17.7. The van der Waals surface area contributed by atoms with E-state index in [9.17, 15) is 4.79 Å². The highest BCUT2D eigenvalue weighted by Gasteiger charge is 2.29. The first kappa shape index (κ1) is 16.0. The van der Waals surface area contributed by atoms with Crippen LogP contribution in [0.15, 0.2) is 18.3 Å². The van der Waals surface area contributed by atoms with E-state index < -0.39 is 0 Å². The first-order valence-electron chi connectivity index (χ1n) is 8.01. The van der Waals surface area contributed by atoms with Gasteiger partial charge in [-0.3, -0.25) is 14.7 Å². The van der Waals surface area contributed by atoms with Crippen molar-refractivity contribution in [1.29, 1.82) is 0 Å². The van der Waals surface area contributed by atoms with Crippen molar-refractivity contribution in [1.82, 2.24) is 15.2 Å². The van der Waals surface area contributed by atoms with E-state index in [1.54, 1.807) is 0 Å². The molecule has 0 unspecified atom stereocenters. The van der Waals surface area contributed by atoms with Gasteiger partial charge in [0.25, 0.3) is 0 Å². The highest BCUT2D eigenvalue weighted by Crippen LogP contribution is 2.18. The van der Waals surface area contributed by atoms with Gasteiger partial charge in [0, 0.05) is 18.4 Å². The van der Waals surface area contributed by atoms with Crippen LogP contribution in [0.5, 0.6) is 0 Å². The predicted octanol–water partition coefficient (Wildman–Crippen LogP) is 2.52. The SMILES string of the molecule is Cc1ccc(CNC(=O)[C@@H](C(C)C)N2CCCCC2)cn1. The molecule has 1 fully saturated rings. The second-order valence-electron chi connectivity index (χ2n) is 6.31. The van der Waals surface area contributed by atoms with Gasteiger partial charge in [-0.15, -0.1) is 0 Å². The largest absolute Gasteiger partial charge is 0.351 e. The van der Waals surface area contributed by atoms with Crippen LogP contribution in [0.1, 0.15) is 44.4 Å². The highest BCUT2D eigenvalue weighted by atomic mass is 16.2. The molecule has 0 saturated carbocycles. The number of piperidine rings is 1. The maximum atomic E-state index is 12.6. The topological polar surface area (TPSA) is 45.2 Å². The Balaban J connectivity index is 1.93. The van der Waals surface area contributed by atoms with Crippen molar-refractivity contribution in [2.45, 2.75) is 52.6 Å². The van der Waals surface area contributed by atoms with Gasteiger partial charge in [0.15, 0.2) is 0 Å². The van der Waals surface area contributed by atoms with Crippen LogP contribution in [0, 0.1) is 12.8 Å². The van der Waals surface area contributed by atoms with Gasteiger partial charge in [-0.25, -0.2) is 0 Å². The maximum Gasteiger partial charge on any atom is 0.237 e. The number of carbonyl (C=O) groups excluding carboxylic acids is 1. The van der Waals surface area contributed by atoms with Gasteiger partial charge >= 0.3 is 0 Å². The number of carbonyl (C=O) groups is 1. The highest BCUT2D eigenvalue weighted by molar-refractivity contribution is 5.82. The van der Waals surface area contributed by atoms with Crippen molar-refractivity contribution in [3.05, 3.63) is 29.6 Å². The van der Waals surface area contributed by atoms with E-state index in [-0.39, 0.29) is 11.9 Å². The first-order valence-corrected chi connectivity index (χ1v) is 8.01. The second kappa shape index (κ2) is 7.55. The maximum absolute atomic E-state index is 12.6. The molecule has 116 valence electrons. The van der Waals surface area contributed by atoms with Crippen molar-refractivity contribution in [2.24, 2.45) is 5.92 Å². The summed E-state index contributed by atoms with van der Waals surface area (Å²) in [5, 5.41) is 3.08. The molecule has 1 N–H and O–H groups in total. The summed E-state index contributed by atoms with van der Waals surface area (Å²) in [4.78, 5) is 19.2. The van der Waals surface area contributed by atoms with E-state index in [1.807, 2.05) is 25.3 Å². The molecule has 4 nitrogen and oxygen atoms in total. The quantitative estimate of drug-likeness (QED) is 0.906. The van der Waals surface area contributed by atoms with Crippen LogP contribution in [0.25, 0.3) is 0 Å². The van der Waals surface area contributed by atoms with Gasteiger partial charge in [0.2, 0.25) is 5.91 Å². The number of aromatic nitrogens is 1. The van der Waals surface area contributed by atoms with Gasteiger partial charge in [0.05, 0.1) is 6.04 Å². The third kappa shape index (κ3) is 4.53. The fraction of sp³-hybridized carbons (Fsp3) is 0.647. The van der Waals surface area contributed by atoms with Gasteiger partial charge in [-0.2, -0.15) is 0 Å². The molecular weight excluding hydrogens is 262 g/mol. The van der Waals surface area contributed by atoms with Crippen molar-refractivity contribution in [3.63, 3.8) is 0 Å². The number of hydrogen-bond acceptors (Lipinski definition) is 3. The molecular formula is C17H27N3O. The van der Waals surface area contributed by atoms with Crippen molar-refractivity contribution < 1.29 is 4.79 Å². The molecule has 1 atom stereocenters. The molecule has 1 saturated heterocycles. The Morgan fingerprint density at radius 2 is 2.00 bits per heavy atom. The lowest BCUT2D eigenvalue weighted by Crippen LogP contribution is -2.51. The Kier molecular flexibility index (Phi) is 5.74. The van der Waals surface area contributed by atoms with Gasteiger partial charge in [-0.1, -0.05) is 26.3 Å². The van der Waals surface area contributed by atoms with Gasteiger partial charge < -0.3 is 5.32 Å². The summed E-state index contributed by atoms with van der Waals surface area (Å²) >= 11 is 0. The summed E-state index contributed by atoms with van der Waals surface area (Å²) < 4.78 is 0. The number of aryl methyl sites for hydroxylation is 1. The molecule has 1 aliphatic rings. The van der Waals surface area contributed by atoms with E-state index in [4.69, 9.17) is 0 Å². The number of rotatable bonds is 5. The van der Waals surface area contributed by atoms with E-state index >= 15 is 0 Å². The lowest BCUT2D eigenvalue weighted by Gasteiger charge is -2.35. The molecule has 0 aromatic carbocycles. The number of hydrogen-bond donors (Lipinski definition) is 1. The van der Waals surface area contributed by atoms with Crippen molar-refractivity contribution >= 4 is 5.91 Å². The number of likely N-dealkylation sites (tertiary alicyclic amines) is 1. The minimum absolute atomic E-state index is 0.0105. The Morgan fingerprint density at radius 1 is 1.29 bits per heavy atom. The number of amides is 1. The molecule has 1 aromatic rings. The number of pyridine rings is 1. The lowest BCUT2D eigenvalue weighted by atomic mass is 9.98. The lowest BCUT2D eigenvalue weighted by molar-refractivity contribution is -0.128. The van der Waals surface area contributed by atoms with E-state index in [0.717, 1.165) is 24.3 Å². The zero-order chi connectivity index (χ0) is 15.2. The molecule has 1 aliphatic heterocycles. The second-order valence-corrected chi connectivity index (χ2v) is 6.31. The molecule has 2 rings (SSSR count). The third-order valence-corrected chi connectivity index (χ3v) is 4.12. The Morgan fingerprint density at radius 3 is 2.57 bits per heavy atom. The molecule has 0 radical (unpaired) electrons. The Hall–Kier alpha value is -1.42. The van der Waals surface area contributed by atoms with Gasteiger partial charge in [-0.05, 0) is 50.4 Å². The average molecular weight is 289 g/mol. The summed E-state index contributed by atoms with van der Waals surface area (Å²) in [6.45, 7) is 8.87. The van der Waals surface area contributed by atoms with E-state index in [1.165, 1.54) is 19.3 Å². The zero-order valence-electron chi connectivity index (χ0n) is 13.4. The standard InChI is InChI=1S/C17H27N3O/c1-13(2)16(20-9-5-4-6-10-20)17(21)19-12-15-8-7-14(3)18-11-15/h7-8,11,13,16H,4-6,9-10,12H2,1-3H3,(H,19,21)/t16-/m1/s1. The minimum Gasteiger partial charge on any atom is -0.351 e. The number of nitrogens with one attached hydrogen (secondary N) is 1. The predicted molar refractivity (Wildman–Crippen MR) is 84.9 cm³/mol. The van der Waals surface area contributed by atoms with Crippen LogP contribution in [-0.2, 0) is 11.3 Å². The van der Waals surface area contributed by atoms with Crippen molar-refractivity contribution in [2.75, 3.05) is 13.1 Å².